The van der Waals surface area contributed by atoms with Gasteiger partial charge in [-0.1, -0.05) is 12.1 Å². The monoisotopic (exact) mass is 191 g/mol. The fourth-order valence-electron chi connectivity index (χ4n) is 1.39. The van der Waals surface area contributed by atoms with E-state index in [0.29, 0.717) is 0 Å². The van der Waals surface area contributed by atoms with Gasteiger partial charge >= 0.3 is 0 Å². The summed E-state index contributed by atoms with van der Waals surface area (Å²) < 4.78 is 12.0. The lowest BCUT2D eigenvalue weighted by atomic mass is 10.3. The van der Waals surface area contributed by atoms with E-state index in [1.54, 1.807) is 18.8 Å². The molecule has 14 heavy (non-hydrogen) atoms. The Bertz CT molecular complexity index is 421. The van der Waals surface area contributed by atoms with Gasteiger partial charge < -0.3 is 9.47 Å². The molecule has 1 aromatic heterocycles. The third-order valence-electron chi connectivity index (χ3n) is 2.03. The van der Waals surface area contributed by atoms with E-state index >= 15 is 0 Å². The first-order chi connectivity index (χ1) is 6.86. The third-order valence-corrected chi connectivity index (χ3v) is 2.03. The topological polar surface area (TPSA) is 36.3 Å². The number of hydrogen-bond donors (Lipinski definition) is 0. The van der Waals surface area contributed by atoms with Gasteiger partial charge in [-0.2, -0.15) is 0 Å². The molecule has 0 unspecified atom stereocenters. The van der Waals surface area contributed by atoms with Gasteiger partial charge in [0.15, 0.2) is 6.33 Å². The minimum absolute atomic E-state index is 0.470. The van der Waals surface area contributed by atoms with Crippen molar-refractivity contribution in [2.24, 2.45) is 0 Å². The summed E-state index contributed by atoms with van der Waals surface area (Å²) in [4.78, 5) is 4.11. The van der Waals surface area contributed by atoms with Crippen LogP contribution in [0.3, 0.4) is 0 Å². The molecule has 4 heteroatoms. The number of methoxy groups -OCH3 is 2. The molecule has 0 aliphatic carbocycles. The fourth-order valence-corrected chi connectivity index (χ4v) is 1.39. The van der Waals surface area contributed by atoms with Crippen molar-refractivity contribution in [1.82, 2.24) is 9.55 Å². The SMILES string of the molecule is COC(OC)n1[c]nc2ccccc21. The standard InChI is InChI=1S/C10H11N2O2/c1-13-10(14-2)12-7-11-8-5-3-4-6-9(8)12/h3-6,10H,1-2H3. The average Bonchev–Trinajstić information content (AvgIpc) is 2.65. The summed E-state index contributed by atoms with van der Waals surface area (Å²) in [5.41, 5.74) is 1.83. The average molecular weight is 191 g/mol. The van der Waals surface area contributed by atoms with E-state index in [0.717, 1.165) is 11.0 Å². The van der Waals surface area contributed by atoms with Crippen molar-refractivity contribution in [1.29, 1.82) is 0 Å². The summed E-state index contributed by atoms with van der Waals surface area (Å²) in [6, 6.07) is 7.74. The largest absolute Gasteiger partial charge is 0.338 e. The van der Waals surface area contributed by atoms with Crippen molar-refractivity contribution in [2.75, 3.05) is 14.2 Å². The molecule has 0 spiro atoms. The van der Waals surface area contributed by atoms with Gasteiger partial charge in [0, 0.05) is 14.2 Å². The summed E-state index contributed by atoms with van der Waals surface area (Å²) in [6.07, 6.45) is 2.36. The van der Waals surface area contributed by atoms with Gasteiger partial charge in [-0.3, -0.25) is 4.57 Å². The summed E-state index contributed by atoms with van der Waals surface area (Å²) in [7, 11) is 3.16. The molecule has 0 atom stereocenters. The van der Waals surface area contributed by atoms with E-state index in [4.69, 9.17) is 9.47 Å². The number of hydrogen-bond acceptors (Lipinski definition) is 3. The Morgan fingerprint density at radius 3 is 2.71 bits per heavy atom. The van der Waals surface area contributed by atoms with E-state index in [-0.39, 0.29) is 0 Å². The first-order valence-electron chi connectivity index (χ1n) is 4.27. The van der Waals surface area contributed by atoms with Gasteiger partial charge in [-0.25, -0.2) is 4.98 Å². The van der Waals surface area contributed by atoms with Crippen LogP contribution in [0.5, 0.6) is 0 Å². The Kier molecular flexibility index (Phi) is 2.47. The van der Waals surface area contributed by atoms with Crippen molar-refractivity contribution in [3.63, 3.8) is 0 Å². The van der Waals surface area contributed by atoms with Crippen LogP contribution in [0.4, 0.5) is 0 Å². The van der Waals surface area contributed by atoms with Gasteiger partial charge in [0.1, 0.15) is 0 Å². The van der Waals surface area contributed by atoms with Crippen LogP contribution in [0, 0.1) is 6.33 Å². The van der Waals surface area contributed by atoms with Gasteiger partial charge in [-0.05, 0) is 12.1 Å². The number of para-hydroxylation sites is 2. The maximum absolute atomic E-state index is 5.12. The number of rotatable bonds is 3. The highest BCUT2D eigenvalue weighted by atomic mass is 16.7. The summed E-state index contributed by atoms with van der Waals surface area (Å²) in [6.45, 7) is 0. The molecule has 0 amide bonds. The molecule has 4 nitrogen and oxygen atoms in total. The second-order valence-corrected chi connectivity index (χ2v) is 2.85. The highest BCUT2D eigenvalue weighted by Gasteiger charge is 2.11. The fraction of sp³-hybridized carbons (Fsp3) is 0.300. The lowest BCUT2D eigenvalue weighted by molar-refractivity contribution is -0.154. The van der Waals surface area contributed by atoms with E-state index in [1.807, 2.05) is 24.3 Å². The Morgan fingerprint density at radius 1 is 1.29 bits per heavy atom. The first kappa shape index (κ1) is 9.18. The molecule has 0 saturated carbocycles. The minimum Gasteiger partial charge on any atom is -0.338 e. The highest BCUT2D eigenvalue weighted by Crippen LogP contribution is 2.17. The molecule has 1 heterocycles. The number of imidazole rings is 1. The number of fused-ring (bicyclic) bond motifs is 1. The molecule has 0 saturated heterocycles. The van der Waals surface area contributed by atoms with Crippen molar-refractivity contribution in [3.05, 3.63) is 30.6 Å². The molecular weight excluding hydrogens is 180 g/mol. The Balaban J connectivity index is 2.51. The summed E-state index contributed by atoms with van der Waals surface area (Å²) in [5, 5.41) is 0. The van der Waals surface area contributed by atoms with Crippen LogP contribution < -0.4 is 0 Å². The predicted octanol–water partition coefficient (Wildman–Crippen LogP) is 1.59. The van der Waals surface area contributed by atoms with Crippen LogP contribution >= 0.6 is 0 Å². The molecule has 0 aliphatic heterocycles. The van der Waals surface area contributed by atoms with Crippen LogP contribution in [-0.2, 0) is 9.47 Å². The maximum atomic E-state index is 5.12. The number of ether oxygens (including phenoxy) is 2. The quantitative estimate of drug-likeness (QED) is 0.691. The lowest BCUT2D eigenvalue weighted by Crippen LogP contribution is -2.11. The van der Waals surface area contributed by atoms with Crippen LogP contribution in [0.1, 0.15) is 6.41 Å². The van der Waals surface area contributed by atoms with Crippen molar-refractivity contribution in [3.8, 4) is 0 Å². The first-order valence-corrected chi connectivity index (χ1v) is 4.27. The lowest BCUT2D eigenvalue weighted by Gasteiger charge is -2.14. The molecule has 1 aromatic carbocycles. The molecule has 0 aliphatic rings. The minimum atomic E-state index is -0.470. The Labute approximate surface area is 82.1 Å². The zero-order valence-electron chi connectivity index (χ0n) is 8.10. The summed E-state index contributed by atoms with van der Waals surface area (Å²) >= 11 is 0. The highest BCUT2D eigenvalue weighted by molar-refractivity contribution is 5.74. The maximum Gasteiger partial charge on any atom is 0.245 e. The predicted molar refractivity (Wildman–Crippen MR) is 51.6 cm³/mol. The number of nitrogens with zero attached hydrogens (tertiary/aromatic N) is 2. The smallest absolute Gasteiger partial charge is 0.245 e. The molecule has 1 radical (unpaired) electrons. The molecule has 0 fully saturated rings. The van der Waals surface area contributed by atoms with E-state index < -0.39 is 6.41 Å². The second-order valence-electron chi connectivity index (χ2n) is 2.85. The Morgan fingerprint density at radius 2 is 2.00 bits per heavy atom. The van der Waals surface area contributed by atoms with Crippen molar-refractivity contribution < 1.29 is 9.47 Å². The van der Waals surface area contributed by atoms with Gasteiger partial charge in [0.25, 0.3) is 0 Å². The summed E-state index contributed by atoms with van der Waals surface area (Å²) in [5.74, 6) is 0. The van der Waals surface area contributed by atoms with Crippen LogP contribution in [-0.4, -0.2) is 23.8 Å². The normalized spacial score (nSPS) is 11.4. The van der Waals surface area contributed by atoms with Crippen LogP contribution in [0.15, 0.2) is 24.3 Å². The van der Waals surface area contributed by atoms with Crippen molar-refractivity contribution >= 4 is 11.0 Å². The van der Waals surface area contributed by atoms with Crippen LogP contribution in [0.25, 0.3) is 11.0 Å². The molecule has 2 aromatic rings. The molecule has 0 N–H and O–H groups in total. The van der Waals surface area contributed by atoms with E-state index in [1.165, 1.54) is 0 Å². The third kappa shape index (κ3) is 1.38. The zero-order valence-corrected chi connectivity index (χ0v) is 8.10. The zero-order chi connectivity index (χ0) is 9.97. The van der Waals surface area contributed by atoms with E-state index in [2.05, 4.69) is 11.3 Å². The van der Waals surface area contributed by atoms with Gasteiger partial charge in [0.2, 0.25) is 6.41 Å². The van der Waals surface area contributed by atoms with Crippen molar-refractivity contribution in [2.45, 2.75) is 6.41 Å². The van der Waals surface area contributed by atoms with Gasteiger partial charge in [0.05, 0.1) is 11.0 Å². The second kappa shape index (κ2) is 3.77. The van der Waals surface area contributed by atoms with E-state index in [9.17, 15) is 0 Å². The molecule has 0 bridgehead atoms. The van der Waals surface area contributed by atoms with Crippen LogP contribution in [0.2, 0.25) is 0 Å². The molecular formula is C10H11N2O2. The molecule has 73 valence electrons. The van der Waals surface area contributed by atoms with Gasteiger partial charge in [-0.15, -0.1) is 0 Å². The number of aromatic nitrogens is 2. The molecule has 2 rings (SSSR count). The Hall–Kier alpha value is -1.39. The number of benzene rings is 1.